The van der Waals surface area contributed by atoms with Crippen LogP contribution in [0.15, 0.2) is 0 Å². The Kier molecular flexibility index (Phi) is 4.74. The van der Waals surface area contributed by atoms with Crippen molar-refractivity contribution in [2.45, 2.75) is 45.3 Å². The summed E-state index contributed by atoms with van der Waals surface area (Å²) < 4.78 is 5.55. The molecule has 0 aliphatic heterocycles. The molecule has 1 N–H and O–H groups in total. The van der Waals surface area contributed by atoms with Gasteiger partial charge in [0.25, 0.3) is 0 Å². The minimum atomic E-state index is -0.792. The number of alkyl halides is 1. The van der Waals surface area contributed by atoms with E-state index < -0.39 is 11.2 Å². The summed E-state index contributed by atoms with van der Waals surface area (Å²) in [5.74, 6) is 0. The lowest BCUT2D eigenvalue weighted by Gasteiger charge is -2.37. The van der Waals surface area contributed by atoms with Crippen LogP contribution in [0.25, 0.3) is 0 Å². The van der Waals surface area contributed by atoms with Crippen LogP contribution in [0.1, 0.15) is 34.1 Å². The largest absolute Gasteiger partial charge is 0.387 e. The van der Waals surface area contributed by atoms with Crippen LogP contribution in [-0.4, -0.2) is 28.2 Å². The third-order valence-corrected chi connectivity index (χ3v) is 2.77. The zero-order valence-corrected chi connectivity index (χ0v) is 9.94. The zero-order chi connectivity index (χ0) is 9.83. The van der Waals surface area contributed by atoms with Gasteiger partial charge in [-0.25, -0.2) is 0 Å². The van der Waals surface area contributed by atoms with E-state index in [0.29, 0.717) is 6.61 Å². The van der Waals surface area contributed by atoms with Crippen molar-refractivity contribution in [3.05, 3.63) is 0 Å². The molecule has 0 aromatic rings. The molecule has 0 aromatic heterocycles. The van der Waals surface area contributed by atoms with Gasteiger partial charge in [-0.05, 0) is 34.1 Å². The molecule has 74 valence electrons. The van der Waals surface area contributed by atoms with E-state index >= 15 is 0 Å². The molecule has 0 fully saturated rings. The normalized spacial score (nSPS) is 13.5. The summed E-state index contributed by atoms with van der Waals surface area (Å²) in [6, 6.07) is 0. The second-order valence-corrected chi connectivity index (χ2v) is 4.75. The second kappa shape index (κ2) is 4.58. The van der Waals surface area contributed by atoms with Gasteiger partial charge in [-0.1, -0.05) is 15.9 Å². The SMILES string of the molecule is CC(C)(O)C(C)(C)OCCCBr. The van der Waals surface area contributed by atoms with E-state index in [1.807, 2.05) is 13.8 Å². The summed E-state index contributed by atoms with van der Waals surface area (Å²) in [5, 5.41) is 10.6. The number of hydrogen-bond donors (Lipinski definition) is 1. The van der Waals surface area contributed by atoms with Crippen LogP contribution < -0.4 is 0 Å². The van der Waals surface area contributed by atoms with Gasteiger partial charge in [0, 0.05) is 11.9 Å². The van der Waals surface area contributed by atoms with Crippen LogP contribution in [0, 0.1) is 0 Å². The standard InChI is InChI=1S/C9H19BrO2/c1-8(2,11)9(3,4)12-7-5-6-10/h11H,5-7H2,1-4H3. The van der Waals surface area contributed by atoms with Crippen LogP contribution in [0.4, 0.5) is 0 Å². The van der Waals surface area contributed by atoms with Crippen molar-refractivity contribution in [1.29, 1.82) is 0 Å². The van der Waals surface area contributed by atoms with Gasteiger partial charge in [-0.2, -0.15) is 0 Å². The fourth-order valence-corrected chi connectivity index (χ4v) is 0.787. The van der Waals surface area contributed by atoms with Gasteiger partial charge in [0.2, 0.25) is 0 Å². The monoisotopic (exact) mass is 238 g/mol. The summed E-state index contributed by atoms with van der Waals surface area (Å²) in [7, 11) is 0. The number of hydrogen-bond acceptors (Lipinski definition) is 2. The number of ether oxygens (including phenoxy) is 1. The molecule has 0 amide bonds. The van der Waals surface area contributed by atoms with Gasteiger partial charge in [-0.3, -0.25) is 0 Å². The Hall–Kier alpha value is 0.400. The van der Waals surface area contributed by atoms with Gasteiger partial charge in [0.1, 0.15) is 0 Å². The topological polar surface area (TPSA) is 29.5 Å². The van der Waals surface area contributed by atoms with Crippen LogP contribution >= 0.6 is 15.9 Å². The fourth-order valence-electron chi connectivity index (χ4n) is 0.558. The molecular formula is C9H19BrO2. The summed E-state index contributed by atoms with van der Waals surface area (Å²) >= 11 is 3.33. The Morgan fingerprint density at radius 2 is 1.75 bits per heavy atom. The van der Waals surface area contributed by atoms with E-state index in [1.165, 1.54) is 0 Å². The maximum Gasteiger partial charge on any atom is 0.0906 e. The molecule has 0 aromatic carbocycles. The van der Waals surface area contributed by atoms with E-state index in [9.17, 15) is 5.11 Å². The highest BCUT2D eigenvalue weighted by atomic mass is 79.9. The molecule has 0 atom stereocenters. The molecule has 0 rings (SSSR count). The van der Waals surface area contributed by atoms with Crippen LogP contribution in [-0.2, 0) is 4.74 Å². The average molecular weight is 239 g/mol. The summed E-state index contributed by atoms with van der Waals surface area (Å²) in [4.78, 5) is 0. The average Bonchev–Trinajstić information content (AvgIpc) is 1.85. The predicted octanol–water partition coefficient (Wildman–Crippen LogP) is 2.34. The maximum atomic E-state index is 9.71. The third-order valence-electron chi connectivity index (χ3n) is 2.21. The Labute approximate surface area is 83.4 Å². The molecule has 0 spiro atoms. The van der Waals surface area contributed by atoms with Crippen molar-refractivity contribution in [3.8, 4) is 0 Å². The number of rotatable bonds is 5. The lowest BCUT2D eigenvalue weighted by atomic mass is 9.89. The van der Waals surface area contributed by atoms with Crippen molar-refractivity contribution in [1.82, 2.24) is 0 Å². The molecule has 2 nitrogen and oxygen atoms in total. The first-order valence-electron chi connectivity index (χ1n) is 4.23. The Morgan fingerprint density at radius 1 is 1.25 bits per heavy atom. The second-order valence-electron chi connectivity index (χ2n) is 3.96. The van der Waals surface area contributed by atoms with E-state index in [1.54, 1.807) is 13.8 Å². The van der Waals surface area contributed by atoms with Crippen molar-refractivity contribution in [2.75, 3.05) is 11.9 Å². The van der Waals surface area contributed by atoms with E-state index in [2.05, 4.69) is 15.9 Å². The Morgan fingerprint density at radius 3 is 2.08 bits per heavy atom. The zero-order valence-electron chi connectivity index (χ0n) is 8.35. The molecule has 0 saturated carbocycles. The third kappa shape index (κ3) is 3.87. The first-order chi connectivity index (χ1) is 5.31. The predicted molar refractivity (Wildman–Crippen MR) is 54.7 cm³/mol. The Balaban J connectivity index is 3.88. The highest BCUT2D eigenvalue weighted by Gasteiger charge is 2.35. The summed E-state index contributed by atoms with van der Waals surface area (Å²) in [5.41, 5.74) is -1.27. The molecule has 3 heteroatoms. The van der Waals surface area contributed by atoms with Crippen molar-refractivity contribution < 1.29 is 9.84 Å². The van der Waals surface area contributed by atoms with Crippen LogP contribution in [0.3, 0.4) is 0 Å². The number of aliphatic hydroxyl groups is 1. The molecule has 0 radical (unpaired) electrons. The molecule has 0 aliphatic carbocycles. The molecule has 0 aliphatic rings. The van der Waals surface area contributed by atoms with Gasteiger partial charge in [0.05, 0.1) is 11.2 Å². The van der Waals surface area contributed by atoms with Gasteiger partial charge in [-0.15, -0.1) is 0 Å². The van der Waals surface area contributed by atoms with Gasteiger partial charge < -0.3 is 9.84 Å². The first kappa shape index (κ1) is 12.4. The van der Waals surface area contributed by atoms with Crippen molar-refractivity contribution in [2.24, 2.45) is 0 Å². The molecular weight excluding hydrogens is 220 g/mol. The molecule has 0 unspecified atom stereocenters. The minimum absolute atomic E-state index is 0.477. The number of halogens is 1. The quantitative estimate of drug-likeness (QED) is 0.589. The minimum Gasteiger partial charge on any atom is -0.387 e. The lowest BCUT2D eigenvalue weighted by Crippen LogP contribution is -2.47. The fraction of sp³-hybridized carbons (Fsp3) is 1.00. The highest BCUT2D eigenvalue weighted by molar-refractivity contribution is 9.09. The van der Waals surface area contributed by atoms with Crippen molar-refractivity contribution >= 4 is 15.9 Å². The smallest absolute Gasteiger partial charge is 0.0906 e. The molecule has 12 heavy (non-hydrogen) atoms. The van der Waals surface area contributed by atoms with Gasteiger partial charge in [0.15, 0.2) is 0 Å². The molecule has 0 heterocycles. The van der Waals surface area contributed by atoms with E-state index in [0.717, 1.165) is 11.8 Å². The molecule has 0 saturated heterocycles. The summed E-state index contributed by atoms with van der Waals surface area (Å²) in [6.07, 6.45) is 0.972. The highest BCUT2D eigenvalue weighted by Crippen LogP contribution is 2.24. The Bertz CT molecular complexity index is 127. The van der Waals surface area contributed by atoms with Crippen molar-refractivity contribution in [3.63, 3.8) is 0 Å². The van der Waals surface area contributed by atoms with Gasteiger partial charge >= 0.3 is 0 Å². The molecule has 0 bridgehead atoms. The first-order valence-corrected chi connectivity index (χ1v) is 5.36. The maximum absolute atomic E-state index is 9.71. The van der Waals surface area contributed by atoms with E-state index in [4.69, 9.17) is 4.74 Å². The van der Waals surface area contributed by atoms with E-state index in [-0.39, 0.29) is 0 Å². The van der Waals surface area contributed by atoms with Crippen LogP contribution in [0.5, 0.6) is 0 Å². The lowest BCUT2D eigenvalue weighted by molar-refractivity contribution is -0.146. The van der Waals surface area contributed by atoms with Crippen LogP contribution in [0.2, 0.25) is 0 Å². The summed E-state index contributed by atoms with van der Waals surface area (Å²) in [6.45, 7) is 8.02.